The summed E-state index contributed by atoms with van der Waals surface area (Å²) in [4.78, 5) is 0. The van der Waals surface area contributed by atoms with Crippen molar-refractivity contribution in [2.45, 2.75) is 0 Å². The summed E-state index contributed by atoms with van der Waals surface area (Å²) < 4.78 is 1.90. The summed E-state index contributed by atoms with van der Waals surface area (Å²) in [5.41, 5.74) is 2.03. The molecule has 0 N–H and O–H groups in total. The first-order valence-electron chi connectivity index (χ1n) is 2.94. The van der Waals surface area contributed by atoms with Crippen LogP contribution >= 0.6 is 19.4 Å². The fraction of sp³-hybridized carbons (Fsp3) is 0. The maximum absolute atomic E-state index is 5.71. The van der Waals surface area contributed by atoms with E-state index < -0.39 is 13.5 Å². The van der Waals surface area contributed by atoms with Gasteiger partial charge in [0.25, 0.3) is 0 Å². The van der Waals surface area contributed by atoms with E-state index in [2.05, 4.69) is 6.92 Å². The Morgan fingerprint density at radius 3 is 2.45 bits per heavy atom. The van der Waals surface area contributed by atoms with Gasteiger partial charge < -0.3 is 0 Å². The summed E-state index contributed by atoms with van der Waals surface area (Å²) in [6, 6.07) is 7.80. The van der Waals surface area contributed by atoms with Gasteiger partial charge in [0.1, 0.15) is 0 Å². The zero-order valence-corrected chi connectivity index (χ0v) is 8.95. The molecule has 0 heterocycles. The molecule has 3 heteroatoms. The number of benzene rings is 1. The third kappa shape index (κ3) is 2.95. The van der Waals surface area contributed by atoms with E-state index in [1.165, 1.54) is 0 Å². The van der Waals surface area contributed by atoms with E-state index in [0.29, 0.717) is 0 Å². The van der Waals surface area contributed by atoms with E-state index in [1.807, 2.05) is 28.9 Å². The summed E-state index contributed by atoms with van der Waals surface area (Å²) in [5.74, 6) is 0. The molecule has 0 atom stereocenters. The molecule has 0 aliphatic heterocycles. The number of halogens is 2. The topological polar surface area (TPSA) is 0 Å². The first kappa shape index (κ1) is 9.25. The van der Waals surface area contributed by atoms with Crippen molar-refractivity contribution < 1.29 is 13.5 Å². The quantitative estimate of drug-likeness (QED) is 0.546. The normalized spacial score (nSPS) is 10.9. The van der Waals surface area contributed by atoms with Crippen LogP contribution in [0.3, 0.4) is 0 Å². The Morgan fingerprint density at radius 1 is 1.27 bits per heavy atom. The molecule has 0 radical (unpaired) electrons. The van der Waals surface area contributed by atoms with Gasteiger partial charge in [-0.2, -0.15) is 0 Å². The Bertz CT molecular complexity index is 277. The van der Waals surface area contributed by atoms with Crippen LogP contribution in [0.1, 0.15) is 11.1 Å². The van der Waals surface area contributed by atoms with Crippen LogP contribution in [0.5, 0.6) is 0 Å². The van der Waals surface area contributed by atoms with Gasteiger partial charge >= 0.3 is 79.8 Å². The van der Waals surface area contributed by atoms with Crippen molar-refractivity contribution in [2.75, 3.05) is 0 Å². The molecule has 1 aromatic rings. The Kier molecular flexibility index (Phi) is 3.58. The van der Waals surface area contributed by atoms with Gasteiger partial charge in [-0.25, -0.2) is 0 Å². The van der Waals surface area contributed by atoms with Crippen LogP contribution in [-0.4, -0.2) is 4.61 Å². The molecule has 11 heavy (non-hydrogen) atoms. The summed E-state index contributed by atoms with van der Waals surface area (Å²) in [5, 5.41) is 0. The average Bonchev–Trinajstić information content (AvgIpc) is 1.93. The van der Waals surface area contributed by atoms with Crippen molar-refractivity contribution in [2.24, 2.45) is 0 Å². The van der Waals surface area contributed by atoms with Gasteiger partial charge in [-0.3, -0.25) is 0 Å². The molecule has 0 aromatic heterocycles. The molecule has 1 rings (SSSR count). The molecule has 0 unspecified atom stereocenters. The van der Waals surface area contributed by atoms with E-state index in [1.54, 1.807) is 0 Å². The van der Waals surface area contributed by atoms with Crippen LogP contribution in [-0.2, 0) is 13.5 Å². The number of hydrogen-bond donors (Lipinski definition) is 0. The molecule has 60 valence electrons. The zero-order valence-electron chi connectivity index (χ0n) is 5.70. The van der Waals surface area contributed by atoms with Gasteiger partial charge in [0.05, 0.1) is 0 Å². The zero-order chi connectivity index (χ0) is 8.27. The Morgan fingerprint density at radius 2 is 1.91 bits per heavy atom. The Hall–Kier alpha value is 0.163. The van der Waals surface area contributed by atoms with Crippen molar-refractivity contribution in [3.8, 4) is 0 Å². The van der Waals surface area contributed by atoms with Gasteiger partial charge in [-0.1, -0.05) is 0 Å². The van der Waals surface area contributed by atoms with Gasteiger partial charge in [0.2, 0.25) is 0 Å². The van der Waals surface area contributed by atoms with Gasteiger partial charge in [-0.15, -0.1) is 0 Å². The molecule has 0 bridgehead atoms. The molecule has 0 spiro atoms. The first-order valence-corrected chi connectivity index (χ1v) is 8.42. The average molecular weight is 275 g/mol. The van der Waals surface area contributed by atoms with Crippen molar-refractivity contribution >= 4 is 24.0 Å². The SMILES string of the molecule is [CH2+]c1ccccc1[CH]=[Ru]([Cl])[Cl]. The van der Waals surface area contributed by atoms with Crippen LogP contribution in [0.4, 0.5) is 0 Å². The predicted octanol–water partition coefficient (Wildman–Crippen LogP) is 2.94. The van der Waals surface area contributed by atoms with Crippen LogP contribution in [0, 0.1) is 6.92 Å². The first-order chi connectivity index (χ1) is 5.20. The van der Waals surface area contributed by atoms with E-state index in [-0.39, 0.29) is 0 Å². The molecule has 1 aromatic carbocycles. The number of hydrogen-bond acceptors (Lipinski definition) is 0. The molecule has 0 saturated carbocycles. The summed E-state index contributed by atoms with van der Waals surface area (Å²) in [7, 11) is 11.4. The molecule has 0 amide bonds. The second kappa shape index (κ2) is 4.25. The molecule has 0 nitrogen and oxygen atoms in total. The van der Waals surface area contributed by atoms with E-state index in [0.717, 1.165) is 11.1 Å². The van der Waals surface area contributed by atoms with Crippen LogP contribution < -0.4 is 0 Å². The second-order valence-electron chi connectivity index (χ2n) is 2.01. The van der Waals surface area contributed by atoms with Gasteiger partial charge in [-0.05, 0) is 0 Å². The van der Waals surface area contributed by atoms with Crippen LogP contribution in [0.25, 0.3) is 0 Å². The van der Waals surface area contributed by atoms with Crippen molar-refractivity contribution in [1.29, 1.82) is 0 Å². The van der Waals surface area contributed by atoms with Crippen molar-refractivity contribution in [1.82, 2.24) is 0 Å². The van der Waals surface area contributed by atoms with Crippen molar-refractivity contribution in [3.05, 3.63) is 42.3 Å². The monoisotopic (exact) mass is 275 g/mol. The standard InChI is InChI=1S/C8H7.2ClH.Ru/c1-7-5-3-4-6-8(7)2;;;/h1,3-6H,2H2;2*1H;/q+1;;;+2/p-2. The fourth-order valence-corrected chi connectivity index (χ4v) is 2.60. The van der Waals surface area contributed by atoms with E-state index in [4.69, 9.17) is 19.4 Å². The van der Waals surface area contributed by atoms with Crippen molar-refractivity contribution in [3.63, 3.8) is 0 Å². The molecule has 0 fully saturated rings. The number of rotatable bonds is 1. The predicted molar refractivity (Wildman–Crippen MR) is 47.8 cm³/mol. The van der Waals surface area contributed by atoms with E-state index in [9.17, 15) is 0 Å². The summed E-state index contributed by atoms with van der Waals surface area (Å²) in [6.07, 6.45) is 0. The van der Waals surface area contributed by atoms with Crippen LogP contribution in [0.15, 0.2) is 24.3 Å². The molecule has 0 aliphatic rings. The molecule has 0 saturated heterocycles. The third-order valence-corrected chi connectivity index (χ3v) is 3.07. The summed E-state index contributed by atoms with van der Waals surface area (Å²) in [6.45, 7) is 3.85. The fourth-order valence-electron chi connectivity index (χ4n) is 0.717. The molecule has 0 aliphatic carbocycles. The third-order valence-electron chi connectivity index (χ3n) is 1.24. The van der Waals surface area contributed by atoms with E-state index >= 15 is 0 Å². The Labute approximate surface area is 79.6 Å². The van der Waals surface area contributed by atoms with Gasteiger partial charge in [0, 0.05) is 0 Å². The maximum atomic E-state index is 5.71. The second-order valence-corrected chi connectivity index (χ2v) is 7.73. The minimum absolute atomic E-state index is 0.979. The molecular formula is C8H7Cl2Ru+. The summed E-state index contributed by atoms with van der Waals surface area (Å²) >= 11 is -1.68. The molecular weight excluding hydrogens is 268 g/mol. The van der Waals surface area contributed by atoms with Crippen LogP contribution in [0.2, 0.25) is 0 Å². The Balaban J connectivity index is 3.04. The van der Waals surface area contributed by atoms with Gasteiger partial charge in [0.15, 0.2) is 0 Å². The minimum atomic E-state index is -1.68.